The van der Waals surface area contributed by atoms with E-state index in [1.807, 2.05) is 12.1 Å². The van der Waals surface area contributed by atoms with Gasteiger partial charge in [0.05, 0.1) is 18.8 Å². The molecular weight excluding hydrogens is 218 g/mol. The monoisotopic (exact) mass is 239 g/mol. The lowest BCUT2D eigenvalue weighted by Crippen LogP contribution is -2.54. The van der Waals surface area contributed by atoms with E-state index in [2.05, 4.69) is 34.3 Å². The highest BCUT2D eigenvalue weighted by Gasteiger charge is 2.44. The Bertz CT molecular complexity index is 307. The molecule has 0 amide bonds. The molecular formula is C11H21N5O. The van der Waals surface area contributed by atoms with Crippen LogP contribution in [0, 0.1) is 5.92 Å². The van der Waals surface area contributed by atoms with Gasteiger partial charge in [-0.2, -0.15) is 0 Å². The molecule has 6 nitrogen and oxygen atoms in total. The third-order valence-electron chi connectivity index (χ3n) is 4.05. The van der Waals surface area contributed by atoms with Crippen LogP contribution in [-0.2, 0) is 4.74 Å². The van der Waals surface area contributed by atoms with E-state index in [1.165, 1.54) is 6.42 Å². The first-order valence-electron chi connectivity index (χ1n) is 6.36. The maximum atomic E-state index is 5.46. The highest BCUT2D eigenvalue weighted by Crippen LogP contribution is 2.33. The van der Waals surface area contributed by atoms with Gasteiger partial charge in [0.2, 0.25) is 0 Å². The Balaban J connectivity index is 1.64. The molecule has 17 heavy (non-hydrogen) atoms. The van der Waals surface area contributed by atoms with Crippen molar-refractivity contribution in [3.05, 3.63) is 0 Å². The average Bonchev–Trinajstić information content (AvgIpc) is 2.99. The van der Waals surface area contributed by atoms with Crippen molar-refractivity contribution in [1.82, 2.24) is 14.9 Å². The number of hydrogen-bond donors (Lipinski definition) is 0. The Morgan fingerprint density at radius 3 is 2.53 bits per heavy atom. The molecule has 0 radical (unpaired) electrons. The molecule has 0 aromatic carbocycles. The molecule has 96 valence electrons. The second kappa shape index (κ2) is 4.10. The molecule has 0 aromatic rings. The van der Waals surface area contributed by atoms with Crippen molar-refractivity contribution in [3.8, 4) is 0 Å². The first kappa shape index (κ1) is 11.2. The standard InChI is InChI=1S/C11H21N5O/c1-8-4-9(16-7-15(3)12-13-16)5-14(2)11(8)10-6-17-10/h8-11H,4-7H2,1-3H3. The van der Waals surface area contributed by atoms with Gasteiger partial charge in [0.25, 0.3) is 0 Å². The quantitative estimate of drug-likeness (QED) is 0.661. The van der Waals surface area contributed by atoms with Crippen LogP contribution in [0.2, 0.25) is 0 Å². The van der Waals surface area contributed by atoms with E-state index in [-0.39, 0.29) is 0 Å². The highest BCUT2D eigenvalue weighted by atomic mass is 16.6. The van der Waals surface area contributed by atoms with E-state index >= 15 is 0 Å². The molecule has 4 atom stereocenters. The molecule has 0 N–H and O–H groups in total. The van der Waals surface area contributed by atoms with Crippen LogP contribution in [0.4, 0.5) is 0 Å². The van der Waals surface area contributed by atoms with Gasteiger partial charge < -0.3 is 4.74 Å². The lowest BCUT2D eigenvalue weighted by Gasteiger charge is -2.43. The van der Waals surface area contributed by atoms with E-state index in [0.29, 0.717) is 24.1 Å². The van der Waals surface area contributed by atoms with Crippen LogP contribution < -0.4 is 0 Å². The van der Waals surface area contributed by atoms with Gasteiger partial charge in [-0.1, -0.05) is 17.4 Å². The minimum absolute atomic E-state index is 0.471. The number of ether oxygens (including phenoxy) is 1. The summed E-state index contributed by atoms with van der Waals surface area (Å²) in [5, 5.41) is 12.3. The van der Waals surface area contributed by atoms with Gasteiger partial charge in [0, 0.05) is 19.6 Å². The number of likely N-dealkylation sites (N-methyl/N-ethyl adjacent to an activating group) is 1. The van der Waals surface area contributed by atoms with Gasteiger partial charge in [-0.25, -0.2) is 0 Å². The summed E-state index contributed by atoms with van der Waals surface area (Å²) in [7, 11) is 4.16. The molecule has 4 unspecified atom stereocenters. The predicted molar refractivity (Wildman–Crippen MR) is 63.1 cm³/mol. The highest BCUT2D eigenvalue weighted by molar-refractivity contribution is 4.96. The van der Waals surface area contributed by atoms with Gasteiger partial charge in [-0.15, -0.1) is 0 Å². The minimum Gasteiger partial charge on any atom is -0.371 e. The fraction of sp³-hybridized carbons (Fsp3) is 1.00. The maximum Gasteiger partial charge on any atom is 0.127 e. The normalized spacial score (nSPS) is 42.3. The zero-order valence-electron chi connectivity index (χ0n) is 10.8. The van der Waals surface area contributed by atoms with Crippen LogP contribution in [0.3, 0.4) is 0 Å². The third kappa shape index (κ3) is 2.11. The van der Waals surface area contributed by atoms with E-state index in [4.69, 9.17) is 4.74 Å². The summed E-state index contributed by atoms with van der Waals surface area (Å²) in [6.07, 6.45) is 1.65. The minimum atomic E-state index is 0.471. The average molecular weight is 239 g/mol. The van der Waals surface area contributed by atoms with E-state index in [1.54, 1.807) is 0 Å². The molecule has 3 aliphatic rings. The summed E-state index contributed by atoms with van der Waals surface area (Å²) in [6, 6.07) is 1.07. The molecule has 6 heteroatoms. The van der Waals surface area contributed by atoms with Crippen molar-refractivity contribution >= 4 is 0 Å². The van der Waals surface area contributed by atoms with Crippen molar-refractivity contribution in [2.24, 2.45) is 16.4 Å². The molecule has 0 aromatic heterocycles. The summed E-state index contributed by atoms with van der Waals surface area (Å²) in [6.45, 7) is 5.14. The van der Waals surface area contributed by atoms with Gasteiger partial charge in [0.1, 0.15) is 6.67 Å². The van der Waals surface area contributed by atoms with Crippen LogP contribution in [0.5, 0.6) is 0 Å². The van der Waals surface area contributed by atoms with E-state index < -0.39 is 0 Å². The summed E-state index contributed by atoms with van der Waals surface area (Å²) < 4.78 is 5.46. The Labute approximate surface area is 102 Å². The van der Waals surface area contributed by atoms with Crippen molar-refractivity contribution < 1.29 is 4.74 Å². The molecule has 2 saturated heterocycles. The first-order chi connectivity index (χ1) is 8.15. The van der Waals surface area contributed by atoms with Crippen molar-refractivity contribution in [1.29, 1.82) is 0 Å². The van der Waals surface area contributed by atoms with Crippen LogP contribution >= 0.6 is 0 Å². The zero-order valence-corrected chi connectivity index (χ0v) is 10.8. The molecule has 0 spiro atoms. The second-order valence-corrected chi connectivity index (χ2v) is 5.59. The number of epoxide rings is 1. The van der Waals surface area contributed by atoms with Crippen molar-refractivity contribution in [2.45, 2.75) is 31.5 Å². The molecule has 3 rings (SSSR count). The first-order valence-corrected chi connectivity index (χ1v) is 6.36. The van der Waals surface area contributed by atoms with Crippen LogP contribution in [0.15, 0.2) is 10.4 Å². The number of likely N-dealkylation sites (tertiary alicyclic amines) is 1. The summed E-state index contributed by atoms with van der Waals surface area (Å²) in [4.78, 5) is 2.43. The van der Waals surface area contributed by atoms with Crippen molar-refractivity contribution in [3.63, 3.8) is 0 Å². The number of rotatable bonds is 2. The predicted octanol–water partition coefficient (Wildman–Crippen LogP) is 0.581. The largest absolute Gasteiger partial charge is 0.371 e. The summed E-state index contributed by atoms with van der Waals surface area (Å²) in [5.41, 5.74) is 0. The van der Waals surface area contributed by atoms with Crippen LogP contribution in [0.25, 0.3) is 0 Å². The van der Waals surface area contributed by atoms with Crippen LogP contribution in [-0.4, -0.2) is 67.0 Å². The molecule has 3 heterocycles. The zero-order chi connectivity index (χ0) is 12.0. The molecule has 3 aliphatic heterocycles. The molecule has 0 saturated carbocycles. The lowest BCUT2D eigenvalue weighted by molar-refractivity contribution is 0.0276. The number of piperidine rings is 1. The Hall–Kier alpha value is -0.880. The summed E-state index contributed by atoms with van der Waals surface area (Å²) >= 11 is 0. The lowest BCUT2D eigenvalue weighted by atomic mass is 9.86. The van der Waals surface area contributed by atoms with Gasteiger partial charge >= 0.3 is 0 Å². The van der Waals surface area contributed by atoms with E-state index in [0.717, 1.165) is 19.8 Å². The molecule has 0 bridgehead atoms. The maximum absolute atomic E-state index is 5.46. The topological polar surface area (TPSA) is 47.0 Å². The molecule has 0 aliphatic carbocycles. The summed E-state index contributed by atoms with van der Waals surface area (Å²) in [5.74, 6) is 0.660. The fourth-order valence-corrected chi connectivity index (χ4v) is 3.23. The Morgan fingerprint density at radius 1 is 1.24 bits per heavy atom. The second-order valence-electron chi connectivity index (χ2n) is 5.59. The smallest absolute Gasteiger partial charge is 0.127 e. The Kier molecular flexibility index (Phi) is 2.71. The number of nitrogens with zero attached hydrogens (tertiary/aromatic N) is 5. The Morgan fingerprint density at radius 2 is 2.00 bits per heavy atom. The third-order valence-corrected chi connectivity index (χ3v) is 4.05. The SMILES string of the molecule is CC1CC(N2CN(C)N=N2)CN(C)C1C1CO1. The number of hydrogen-bond acceptors (Lipinski definition) is 6. The van der Waals surface area contributed by atoms with Crippen molar-refractivity contribution in [2.75, 3.05) is 33.9 Å². The fourth-order valence-electron chi connectivity index (χ4n) is 3.23. The van der Waals surface area contributed by atoms with Gasteiger partial charge in [-0.3, -0.25) is 14.9 Å². The van der Waals surface area contributed by atoms with Crippen LogP contribution in [0.1, 0.15) is 13.3 Å². The van der Waals surface area contributed by atoms with Gasteiger partial charge in [-0.05, 0) is 19.4 Å². The van der Waals surface area contributed by atoms with Gasteiger partial charge in [0.15, 0.2) is 0 Å². The van der Waals surface area contributed by atoms with E-state index in [9.17, 15) is 0 Å². The molecule has 2 fully saturated rings.